The van der Waals surface area contributed by atoms with Gasteiger partial charge in [0.15, 0.2) is 0 Å². The van der Waals surface area contributed by atoms with Crippen LogP contribution in [0, 0.1) is 5.82 Å². The summed E-state index contributed by atoms with van der Waals surface area (Å²) in [4.78, 5) is 14.4. The molecule has 1 fully saturated rings. The molecule has 0 atom stereocenters. The highest BCUT2D eigenvalue weighted by atomic mass is 19.1. The van der Waals surface area contributed by atoms with Crippen molar-refractivity contribution >= 4 is 5.91 Å². The van der Waals surface area contributed by atoms with Crippen LogP contribution in [0.5, 0.6) is 11.5 Å². The Kier molecular flexibility index (Phi) is 6.42. The summed E-state index contributed by atoms with van der Waals surface area (Å²) >= 11 is 0. The maximum absolute atomic E-state index is 14.3. The quantitative estimate of drug-likeness (QED) is 0.844. The Morgan fingerprint density at radius 3 is 2.44 bits per heavy atom. The third kappa shape index (κ3) is 4.84. The first-order valence-corrected chi connectivity index (χ1v) is 9.19. The Labute approximate surface area is 158 Å². The first kappa shape index (κ1) is 19.3. The molecule has 1 aliphatic heterocycles. The third-order valence-electron chi connectivity index (χ3n) is 4.82. The molecule has 0 aliphatic carbocycles. The summed E-state index contributed by atoms with van der Waals surface area (Å²) in [6, 6.07) is 11.8. The van der Waals surface area contributed by atoms with Crippen molar-refractivity contribution in [1.82, 2.24) is 4.90 Å². The number of likely N-dealkylation sites (tertiary alicyclic amines) is 1. The molecule has 5 nitrogen and oxygen atoms in total. The number of amides is 1. The molecule has 0 bridgehead atoms. The maximum atomic E-state index is 14.3. The van der Waals surface area contributed by atoms with Gasteiger partial charge in [0.25, 0.3) is 5.91 Å². The second-order valence-electron chi connectivity index (χ2n) is 6.65. The van der Waals surface area contributed by atoms with Gasteiger partial charge in [0.1, 0.15) is 17.3 Å². The van der Waals surface area contributed by atoms with Gasteiger partial charge in [0.05, 0.1) is 11.7 Å². The Morgan fingerprint density at radius 1 is 1.15 bits per heavy atom. The van der Waals surface area contributed by atoms with Crippen LogP contribution in [0.1, 0.15) is 28.8 Å². The summed E-state index contributed by atoms with van der Waals surface area (Å²) in [6.45, 7) is 1.71. The highest BCUT2D eigenvalue weighted by molar-refractivity contribution is 5.95. The van der Waals surface area contributed by atoms with E-state index in [2.05, 4.69) is 0 Å². The van der Waals surface area contributed by atoms with Gasteiger partial charge in [-0.05, 0) is 61.7 Å². The van der Waals surface area contributed by atoms with E-state index in [0.29, 0.717) is 31.1 Å². The molecular weight excluding hydrogens is 347 g/mol. The summed E-state index contributed by atoms with van der Waals surface area (Å²) in [5.41, 5.74) is 6.70. The fraction of sp³-hybridized carbons (Fsp3) is 0.381. The Hall–Kier alpha value is -2.44. The summed E-state index contributed by atoms with van der Waals surface area (Å²) in [5, 5.41) is 0. The lowest BCUT2D eigenvalue weighted by molar-refractivity contribution is 0.0348. The third-order valence-corrected chi connectivity index (χ3v) is 4.82. The molecule has 2 N–H and O–H groups in total. The smallest absolute Gasteiger partial charge is 0.256 e. The molecule has 1 amide bonds. The van der Waals surface area contributed by atoms with Crippen LogP contribution in [0.3, 0.4) is 0 Å². The van der Waals surface area contributed by atoms with Crippen LogP contribution in [0.15, 0.2) is 42.5 Å². The van der Waals surface area contributed by atoms with E-state index in [4.69, 9.17) is 15.2 Å². The molecule has 144 valence electrons. The number of halogens is 1. The number of methoxy groups -OCH3 is 1. The van der Waals surface area contributed by atoms with E-state index in [1.54, 1.807) is 12.0 Å². The normalized spacial score (nSPS) is 15.0. The average Bonchev–Trinajstić information content (AvgIpc) is 2.70. The topological polar surface area (TPSA) is 64.8 Å². The monoisotopic (exact) mass is 372 g/mol. The lowest BCUT2D eigenvalue weighted by Crippen LogP contribution is -2.40. The van der Waals surface area contributed by atoms with Gasteiger partial charge in [-0.15, -0.1) is 0 Å². The van der Waals surface area contributed by atoms with Crippen molar-refractivity contribution in [3.63, 3.8) is 0 Å². The van der Waals surface area contributed by atoms with Crippen LogP contribution < -0.4 is 10.5 Å². The number of rotatable bonds is 6. The fourth-order valence-electron chi connectivity index (χ4n) is 3.22. The Morgan fingerprint density at radius 2 is 1.81 bits per heavy atom. The molecule has 1 heterocycles. The number of piperidine rings is 1. The minimum atomic E-state index is -0.542. The Bertz CT molecular complexity index is 771. The molecule has 1 aliphatic rings. The van der Waals surface area contributed by atoms with E-state index in [1.165, 1.54) is 18.2 Å². The van der Waals surface area contributed by atoms with E-state index < -0.39 is 5.82 Å². The van der Waals surface area contributed by atoms with E-state index in [1.807, 2.05) is 24.3 Å². The summed E-state index contributed by atoms with van der Waals surface area (Å²) in [5.74, 6) is 0.199. The van der Waals surface area contributed by atoms with Crippen LogP contribution in [-0.4, -0.2) is 43.7 Å². The molecule has 0 radical (unpaired) electrons. The van der Waals surface area contributed by atoms with Gasteiger partial charge in [-0.3, -0.25) is 4.79 Å². The first-order valence-electron chi connectivity index (χ1n) is 9.19. The molecule has 3 rings (SSSR count). The van der Waals surface area contributed by atoms with Gasteiger partial charge in [-0.25, -0.2) is 4.39 Å². The van der Waals surface area contributed by atoms with Crippen molar-refractivity contribution in [2.24, 2.45) is 5.73 Å². The molecule has 0 saturated carbocycles. The maximum Gasteiger partial charge on any atom is 0.256 e. The van der Waals surface area contributed by atoms with Crippen LogP contribution in [0.2, 0.25) is 0 Å². The Balaban J connectivity index is 1.71. The molecule has 6 heteroatoms. The number of benzene rings is 2. The van der Waals surface area contributed by atoms with E-state index >= 15 is 0 Å². The standard InChI is InChI=1S/C21H25FN2O3/c1-26-16-9-12-24(13-10-16)21(25)19-14-18(6-7-20(19)22)27-17-4-2-15(3-5-17)8-11-23/h2-7,14,16H,8-13,23H2,1H3. The lowest BCUT2D eigenvalue weighted by atomic mass is 10.1. The molecule has 27 heavy (non-hydrogen) atoms. The van der Waals surface area contributed by atoms with Gasteiger partial charge in [0.2, 0.25) is 0 Å². The number of carbonyl (C=O) groups excluding carboxylic acids is 1. The van der Waals surface area contributed by atoms with Gasteiger partial charge in [0, 0.05) is 20.2 Å². The van der Waals surface area contributed by atoms with Gasteiger partial charge >= 0.3 is 0 Å². The van der Waals surface area contributed by atoms with E-state index in [-0.39, 0.29) is 17.6 Å². The number of nitrogens with two attached hydrogens (primary N) is 1. The van der Waals surface area contributed by atoms with Gasteiger partial charge in [-0.1, -0.05) is 12.1 Å². The molecule has 2 aromatic carbocycles. The number of nitrogens with zero attached hydrogens (tertiary/aromatic N) is 1. The van der Waals surface area contributed by atoms with Crippen LogP contribution in [-0.2, 0) is 11.2 Å². The van der Waals surface area contributed by atoms with Crippen LogP contribution in [0.25, 0.3) is 0 Å². The molecule has 0 aromatic heterocycles. The summed E-state index contributed by atoms with van der Waals surface area (Å²) in [6.07, 6.45) is 2.48. The van der Waals surface area contributed by atoms with E-state index in [9.17, 15) is 9.18 Å². The van der Waals surface area contributed by atoms with Crippen molar-refractivity contribution in [2.75, 3.05) is 26.7 Å². The first-order chi connectivity index (χ1) is 13.1. The number of hydrogen-bond donors (Lipinski definition) is 1. The number of carbonyl (C=O) groups is 1. The molecule has 0 unspecified atom stereocenters. The molecule has 2 aromatic rings. The average molecular weight is 372 g/mol. The van der Waals surface area contributed by atoms with Crippen LogP contribution >= 0.6 is 0 Å². The minimum Gasteiger partial charge on any atom is -0.457 e. The highest BCUT2D eigenvalue weighted by Crippen LogP contribution is 2.26. The van der Waals surface area contributed by atoms with Crippen molar-refractivity contribution in [3.8, 4) is 11.5 Å². The predicted octanol–water partition coefficient (Wildman–Crippen LogP) is 3.37. The summed E-state index contributed by atoms with van der Waals surface area (Å²) < 4.78 is 25.4. The van der Waals surface area contributed by atoms with Gasteiger partial charge < -0.3 is 20.1 Å². The van der Waals surface area contributed by atoms with Crippen molar-refractivity contribution in [3.05, 3.63) is 59.4 Å². The predicted molar refractivity (Wildman–Crippen MR) is 102 cm³/mol. The zero-order chi connectivity index (χ0) is 19.2. The lowest BCUT2D eigenvalue weighted by Gasteiger charge is -2.31. The molecular formula is C21H25FN2O3. The second kappa shape index (κ2) is 8.97. The van der Waals surface area contributed by atoms with Crippen LogP contribution in [0.4, 0.5) is 4.39 Å². The minimum absolute atomic E-state index is 0.0307. The highest BCUT2D eigenvalue weighted by Gasteiger charge is 2.25. The van der Waals surface area contributed by atoms with E-state index in [0.717, 1.165) is 24.8 Å². The van der Waals surface area contributed by atoms with Crippen molar-refractivity contribution < 1.29 is 18.7 Å². The zero-order valence-electron chi connectivity index (χ0n) is 15.5. The van der Waals surface area contributed by atoms with Crippen molar-refractivity contribution in [2.45, 2.75) is 25.4 Å². The largest absolute Gasteiger partial charge is 0.457 e. The fourth-order valence-corrected chi connectivity index (χ4v) is 3.22. The molecule has 0 spiro atoms. The van der Waals surface area contributed by atoms with Gasteiger partial charge in [-0.2, -0.15) is 0 Å². The number of hydrogen-bond acceptors (Lipinski definition) is 4. The molecule has 1 saturated heterocycles. The van der Waals surface area contributed by atoms with Crippen molar-refractivity contribution in [1.29, 1.82) is 0 Å². The second-order valence-corrected chi connectivity index (χ2v) is 6.65. The number of ether oxygens (including phenoxy) is 2. The zero-order valence-corrected chi connectivity index (χ0v) is 15.5. The summed E-state index contributed by atoms with van der Waals surface area (Å²) in [7, 11) is 1.67. The SMILES string of the molecule is COC1CCN(C(=O)c2cc(Oc3ccc(CCN)cc3)ccc2F)CC1.